The number of hydrogen-bond donors (Lipinski definition) is 1. The van der Waals surface area contributed by atoms with E-state index in [4.69, 9.17) is 0 Å². The fourth-order valence-corrected chi connectivity index (χ4v) is 2.67. The molecule has 80 valence electrons. The first kappa shape index (κ1) is 9.09. The molecule has 0 saturated carbocycles. The van der Waals surface area contributed by atoms with Crippen molar-refractivity contribution in [3.8, 4) is 0 Å². The number of fused-ring (bicyclic) bond motifs is 1. The first-order valence-electron chi connectivity index (χ1n) is 5.43. The molecule has 3 heterocycles. The number of halogens is 1. The lowest BCUT2D eigenvalue weighted by atomic mass is 10.1. The molecule has 2 atom stereocenters. The monoisotopic (exact) mass is 207 g/mol. The average Bonchev–Trinajstić information content (AvgIpc) is 2.80. The molecule has 0 bridgehead atoms. The number of nitrogens with one attached hydrogen (secondary N) is 1. The molecule has 1 aromatic heterocycles. The molecule has 2 aliphatic heterocycles. The summed E-state index contributed by atoms with van der Waals surface area (Å²) < 4.78 is 12.7. The minimum absolute atomic E-state index is 0.265. The summed E-state index contributed by atoms with van der Waals surface area (Å²) in [6, 6.07) is 3.82. The quantitative estimate of drug-likeness (QED) is 0.745. The highest BCUT2D eigenvalue weighted by atomic mass is 19.1. The fraction of sp³-hybridized carbons (Fsp3) is 0.545. The lowest BCUT2D eigenvalue weighted by Crippen LogP contribution is -2.34. The maximum Gasteiger partial charge on any atom is 0.141 e. The number of nitrogens with zero attached hydrogens (tertiary/aromatic N) is 2. The van der Waals surface area contributed by atoms with Crippen LogP contribution in [0.3, 0.4) is 0 Å². The van der Waals surface area contributed by atoms with Crippen molar-refractivity contribution in [2.24, 2.45) is 5.92 Å². The lowest BCUT2D eigenvalue weighted by molar-refractivity contribution is 0.576. The van der Waals surface area contributed by atoms with E-state index in [0.29, 0.717) is 6.04 Å². The lowest BCUT2D eigenvalue weighted by Gasteiger charge is -2.24. The molecule has 0 aromatic carbocycles. The second kappa shape index (κ2) is 3.45. The second-order valence-corrected chi connectivity index (χ2v) is 4.30. The van der Waals surface area contributed by atoms with Crippen LogP contribution in [0.4, 0.5) is 10.2 Å². The zero-order chi connectivity index (χ0) is 10.3. The predicted molar refractivity (Wildman–Crippen MR) is 56.3 cm³/mol. The number of aromatic nitrogens is 1. The van der Waals surface area contributed by atoms with E-state index in [0.717, 1.165) is 31.4 Å². The molecule has 3 rings (SSSR count). The third-order valence-electron chi connectivity index (χ3n) is 3.45. The Bertz CT molecular complexity index is 351. The van der Waals surface area contributed by atoms with Crippen LogP contribution < -0.4 is 10.2 Å². The maximum atomic E-state index is 12.7. The molecule has 0 aliphatic carbocycles. The van der Waals surface area contributed by atoms with Gasteiger partial charge in [-0.25, -0.2) is 9.37 Å². The van der Waals surface area contributed by atoms with Gasteiger partial charge < -0.3 is 10.2 Å². The smallest absolute Gasteiger partial charge is 0.141 e. The van der Waals surface area contributed by atoms with Gasteiger partial charge in [0, 0.05) is 25.7 Å². The topological polar surface area (TPSA) is 28.2 Å². The molecule has 0 radical (unpaired) electrons. The summed E-state index contributed by atoms with van der Waals surface area (Å²) in [7, 11) is 0. The van der Waals surface area contributed by atoms with Crippen LogP contribution >= 0.6 is 0 Å². The first-order valence-corrected chi connectivity index (χ1v) is 5.43. The van der Waals surface area contributed by atoms with Crippen molar-refractivity contribution in [1.29, 1.82) is 0 Å². The molecular weight excluding hydrogens is 193 g/mol. The molecule has 4 heteroatoms. The Labute approximate surface area is 88.3 Å². The van der Waals surface area contributed by atoms with E-state index in [9.17, 15) is 4.39 Å². The molecule has 2 saturated heterocycles. The third-order valence-corrected chi connectivity index (χ3v) is 3.45. The summed E-state index contributed by atoms with van der Waals surface area (Å²) in [6.45, 7) is 3.20. The maximum absolute atomic E-state index is 12.7. The van der Waals surface area contributed by atoms with Crippen molar-refractivity contribution in [2.45, 2.75) is 12.5 Å². The zero-order valence-corrected chi connectivity index (χ0v) is 8.49. The summed E-state index contributed by atoms with van der Waals surface area (Å²) in [5.74, 6) is 1.39. The molecule has 1 N–H and O–H groups in total. The van der Waals surface area contributed by atoms with Gasteiger partial charge in [-0.2, -0.15) is 0 Å². The molecule has 2 aliphatic rings. The normalized spacial score (nSPS) is 29.5. The summed E-state index contributed by atoms with van der Waals surface area (Å²) in [6.07, 6.45) is 2.52. The fourth-order valence-electron chi connectivity index (χ4n) is 2.67. The average molecular weight is 207 g/mol. The Morgan fingerprint density at radius 1 is 1.40 bits per heavy atom. The highest BCUT2D eigenvalue weighted by Gasteiger charge is 2.37. The molecule has 0 spiro atoms. The number of pyridine rings is 1. The standard InChI is InChI=1S/C11H14FN3/c12-9-1-2-11(14-6-9)15-4-3-8-5-13-7-10(8)15/h1-2,6,8,10,13H,3-5,7H2/t8-,10+/m0/s1. The van der Waals surface area contributed by atoms with Crippen LogP contribution in [0.2, 0.25) is 0 Å². The Morgan fingerprint density at radius 2 is 2.33 bits per heavy atom. The third kappa shape index (κ3) is 1.49. The Morgan fingerprint density at radius 3 is 3.13 bits per heavy atom. The van der Waals surface area contributed by atoms with Crippen molar-refractivity contribution >= 4 is 5.82 Å². The van der Waals surface area contributed by atoms with Gasteiger partial charge in [0.2, 0.25) is 0 Å². The van der Waals surface area contributed by atoms with Crippen LogP contribution in [0.5, 0.6) is 0 Å². The Balaban J connectivity index is 1.85. The molecule has 2 fully saturated rings. The largest absolute Gasteiger partial charge is 0.352 e. The molecule has 3 nitrogen and oxygen atoms in total. The predicted octanol–water partition coefficient (Wildman–Crippen LogP) is 1.02. The van der Waals surface area contributed by atoms with E-state index in [1.54, 1.807) is 6.07 Å². The van der Waals surface area contributed by atoms with E-state index >= 15 is 0 Å². The van der Waals surface area contributed by atoms with E-state index in [2.05, 4.69) is 15.2 Å². The highest BCUT2D eigenvalue weighted by Crippen LogP contribution is 2.30. The van der Waals surface area contributed by atoms with Gasteiger partial charge in [0.25, 0.3) is 0 Å². The van der Waals surface area contributed by atoms with Crippen molar-refractivity contribution in [3.05, 3.63) is 24.1 Å². The second-order valence-electron chi connectivity index (χ2n) is 4.30. The number of rotatable bonds is 1. The number of hydrogen-bond acceptors (Lipinski definition) is 3. The highest BCUT2D eigenvalue weighted by molar-refractivity contribution is 5.42. The molecule has 0 amide bonds. The van der Waals surface area contributed by atoms with Crippen LogP contribution in [0.1, 0.15) is 6.42 Å². The minimum atomic E-state index is -0.265. The van der Waals surface area contributed by atoms with Gasteiger partial charge in [-0.1, -0.05) is 0 Å². The van der Waals surface area contributed by atoms with Gasteiger partial charge in [0.15, 0.2) is 0 Å². The molecule has 0 unspecified atom stereocenters. The van der Waals surface area contributed by atoms with Crippen molar-refractivity contribution in [2.75, 3.05) is 24.5 Å². The van der Waals surface area contributed by atoms with Crippen molar-refractivity contribution in [3.63, 3.8) is 0 Å². The van der Waals surface area contributed by atoms with Gasteiger partial charge in [-0.3, -0.25) is 0 Å². The SMILES string of the molecule is Fc1ccc(N2CC[C@H]3CNC[C@H]32)nc1. The van der Waals surface area contributed by atoms with Gasteiger partial charge >= 0.3 is 0 Å². The Kier molecular flexibility index (Phi) is 2.09. The van der Waals surface area contributed by atoms with Crippen LogP contribution in [0.15, 0.2) is 18.3 Å². The van der Waals surface area contributed by atoms with Gasteiger partial charge in [-0.05, 0) is 24.5 Å². The molecular formula is C11H14FN3. The van der Waals surface area contributed by atoms with Crippen molar-refractivity contribution < 1.29 is 4.39 Å². The summed E-state index contributed by atoms with van der Waals surface area (Å²) in [5.41, 5.74) is 0. The van der Waals surface area contributed by atoms with E-state index in [1.165, 1.54) is 18.7 Å². The van der Waals surface area contributed by atoms with Crippen LogP contribution in [0.25, 0.3) is 0 Å². The van der Waals surface area contributed by atoms with E-state index in [1.807, 2.05) is 0 Å². The zero-order valence-electron chi connectivity index (χ0n) is 8.49. The van der Waals surface area contributed by atoms with E-state index < -0.39 is 0 Å². The molecule has 1 aromatic rings. The minimum Gasteiger partial charge on any atom is -0.352 e. The van der Waals surface area contributed by atoms with Gasteiger partial charge in [0.05, 0.1) is 6.20 Å². The van der Waals surface area contributed by atoms with Crippen LogP contribution in [-0.4, -0.2) is 30.7 Å². The van der Waals surface area contributed by atoms with Crippen molar-refractivity contribution in [1.82, 2.24) is 10.3 Å². The van der Waals surface area contributed by atoms with Crippen LogP contribution in [-0.2, 0) is 0 Å². The van der Waals surface area contributed by atoms with Gasteiger partial charge in [-0.15, -0.1) is 0 Å². The van der Waals surface area contributed by atoms with Crippen LogP contribution in [0, 0.1) is 11.7 Å². The summed E-state index contributed by atoms with van der Waals surface area (Å²) in [5, 5.41) is 3.39. The van der Waals surface area contributed by atoms with E-state index in [-0.39, 0.29) is 5.82 Å². The molecule has 15 heavy (non-hydrogen) atoms. The summed E-state index contributed by atoms with van der Waals surface area (Å²) >= 11 is 0. The van der Waals surface area contributed by atoms with Gasteiger partial charge in [0.1, 0.15) is 11.6 Å². The first-order chi connectivity index (χ1) is 7.34. The number of anilines is 1. The Hall–Kier alpha value is -1.16. The summed E-state index contributed by atoms with van der Waals surface area (Å²) in [4.78, 5) is 6.44.